The topological polar surface area (TPSA) is 0 Å². The first-order valence-corrected chi connectivity index (χ1v) is 7.39. The Hall–Kier alpha value is -3.04. The summed E-state index contributed by atoms with van der Waals surface area (Å²) in [5.74, 6) is 6.57. The van der Waals surface area contributed by atoms with Crippen molar-refractivity contribution in [3.8, 4) is 11.8 Å². The van der Waals surface area contributed by atoms with E-state index in [9.17, 15) is 0 Å². The monoisotopic (exact) mass is 278 g/mol. The highest BCUT2D eigenvalue weighted by molar-refractivity contribution is 6.09. The molecule has 0 radical (unpaired) electrons. The van der Waals surface area contributed by atoms with Crippen LogP contribution in [0, 0.1) is 11.8 Å². The maximum Gasteiger partial charge on any atom is 0.0327 e. The Kier molecular flexibility index (Phi) is 3.11. The van der Waals surface area contributed by atoms with Crippen molar-refractivity contribution in [2.45, 2.75) is 0 Å². The maximum atomic E-state index is 3.32. The average molecular weight is 278 g/mol. The largest absolute Gasteiger partial charge is 0.0622 e. The quantitative estimate of drug-likeness (QED) is 0.299. The molecule has 4 rings (SSSR count). The number of hydrogen-bond acceptors (Lipinski definition) is 0. The van der Waals surface area contributed by atoms with Gasteiger partial charge in [0.1, 0.15) is 0 Å². The van der Waals surface area contributed by atoms with E-state index in [1.807, 2.05) is 30.3 Å². The van der Waals surface area contributed by atoms with Crippen molar-refractivity contribution in [3.05, 3.63) is 96.1 Å². The third kappa shape index (κ3) is 2.24. The Morgan fingerprint density at radius 3 is 2.14 bits per heavy atom. The highest BCUT2D eigenvalue weighted by Crippen LogP contribution is 2.27. The predicted molar refractivity (Wildman–Crippen MR) is 93.9 cm³/mol. The Morgan fingerprint density at radius 2 is 1.23 bits per heavy atom. The van der Waals surface area contributed by atoms with E-state index in [0.717, 1.165) is 11.1 Å². The molecule has 0 aliphatic rings. The summed E-state index contributed by atoms with van der Waals surface area (Å²) in [6, 6.07) is 29.3. The van der Waals surface area contributed by atoms with Crippen LogP contribution < -0.4 is 0 Å². The van der Waals surface area contributed by atoms with Crippen LogP contribution in [0.1, 0.15) is 11.1 Å². The zero-order valence-electron chi connectivity index (χ0n) is 12.1. The molecule has 0 aliphatic heterocycles. The van der Waals surface area contributed by atoms with Crippen LogP contribution in [0.5, 0.6) is 0 Å². The first kappa shape index (κ1) is 12.7. The van der Waals surface area contributed by atoms with E-state index in [-0.39, 0.29) is 0 Å². The number of benzene rings is 4. The fourth-order valence-electron chi connectivity index (χ4n) is 2.81. The molecule has 0 N–H and O–H groups in total. The molecule has 0 unspecified atom stereocenters. The summed E-state index contributed by atoms with van der Waals surface area (Å²) >= 11 is 0. The van der Waals surface area contributed by atoms with E-state index in [1.54, 1.807) is 0 Å². The summed E-state index contributed by atoms with van der Waals surface area (Å²) in [6.07, 6.45) is 0. The summed E-state index contributed by atoms with van der Waals surface area (Å²) in [4.78, 5) is 0. The molecule has 0 heteroatoms. The van der Waals surface area contributed by atoms with Crippen molar-refractivity contribution in [1.82, 2.24) is 0 Å². The Balaban J connectivity index is 1.93. The average Bonchev–Trinajstić information content (AvgIpc) is 2.60. The zero-order chi connectivity index (χ0) is 14.8. The van der Waals surface area contributed by atoms with Crippen LogP contribution in [0.15, 0.2) is 84.9 Å². The van der Waals surface area contributed by atoms with E-state index in [2.05, 4.69) is 66.4 Å². The number of fused-ring (bicyclic) bond motifs is 3. The van der Waals surface area contributed by atoms with Crippen LogP contribution >= 0.6 is 0 Å². The predicted octanol–water partition coefficient (Wildman–Crippen LogP) is 5.39. The van der Waals surface area contributed by atoms with Gasteiger partial charge in [-0.2, -0.15) is 0 Å². The van der Waals surface area contributed by atoms with Crippen molar-refractivity contribution in [2.75, 3.05) is 0 Å². The zero-order valence-corrected chi connectivity index (χ0v) is 12.1. The second-order valence-corrected chi connectivity index (χ2v) is 5.30. The van der Waals surface area contributed by atoms with E-state index < -0.39 is 0 Å². The molecule has 0 saturated carbocycles. The van der Waals surface area contributed by atoms with Gasteiger partial charge in [0, 0.05) is 11.1 Å². The van der Waals surface area contributed by atoms with Gasteiger partial charge in [0.25, 0.3) is 0 Å². The second kappa shape index (κ2) is 5.39. The second-order valence-electron chi connectivity index (χ2n) is 5.30. The molecule has 0 spiro atoms. The van der Waals surface area contributed by atoms with Crippen LogP contribution in [0.3, 0.4) is 0 Å². The Labute approximate surface area is 130 Å². The SMILES string of the molecule is C(#Cc1cccc2c1ccc1ccccc12)c1ccccc1. The molecule has 22 heavy (non-hydrogen) atoms. The molecule has 0 aliphatic carbocycles. The highest BCUT2D eigenvalue weighted by atomic mass is 14.1. The van der Waals surface area contributed by atoms with Gasteiger partial charge in [-0.05, 0) is 39.7 Å². The molecule has 0 nitrogen and oxygen atoms in total. The maximum absolute atomic E-state index is 3.32. The molecule has 102 valence electrons. The van der Waals surface area contributed by atoms with Gasteiger partial charge in [-0.15, -0.1) is 0 Å². The van der Waals surface area contributed by atoms with Gasteiger partial charge in [-0.3, -0.25) is 0 Å². The number of hydrogen-bond donors (Lipinski definition) is 0. The van der Waals surface area contributed by atoms with E-state index in [1.165, 1.54) is 21.5 Å². The highest BCUT2D eigenvalue weighted by Gasteiger charge is 2.02. The smallest absolute Gasteiger partial charge is 0.0327 e. The van der Waals surface area contributed by atoms with Crippen LogP contribution in [-0.2, 0) is 0 Å². The summed E-state index contributed by atoms with van der Waals surface area (Å²) in [6.45, 7) is 0. The van der Waals surface area contributed by atoms with Crippen molar-refractivity contribution >= 4 is 21.5 Å². The molecule has 4 aromatic rings. The lowest BCUT2D eigenvalue weighted by Crippen LogP contribution is -1.82. The summed E-state index contributed by atoms with van der Waals surface area (Å²) < 4.78 is 0. The normalized spacial score (nSPS) is 10.4. The lowest BCUT2D eigenvalue weighted by molar-refractivity contribution is 1.64. The van der Waals surface area contributed by atoms with Crippen LogP contribution in [0.25, 0.3) is 21.5 Å². The van der Waals surface area contributed by atoms with Gasteiger partial charge in [0.2, 0.25) is 0 Å². The fourth-order valence-corrected chi connectivity index (χ4v) is 2.81. The lowest BCUT2D eigenvalue weighted by Gasteiger charge is -2.05. The van der Waals surface area contributed by atoms with Gasteiger partial charge in [0.15, 0.2) is 0 Å². The van der Waals surface area contributed by atoms with Crippen LogP contribution in [-0.4, -0.2) is 0 Å². The minimum Gasteiger partial charge on any atom is -0.0622 e. The molecule has 0 heterocycles. The molecule has 0 saturated heterocycles. The molecule has 0 atom stereocenters. The van der Waals surface area contributed by atoms with Crippen molar-refractivity contribution in [2.24, 2.45) is 0 Å². The lowest BCUT2D eigenvalue weighted by atomic mass is 9.98. The molecule has 0 aromatic heterocycles. The number of rotatable bonds is 0. The molecular weight excluding hydrogens is 264 g/mol. The Morgan fingerprint density at radius 1 is 0.455 bits per heavy atom. The van der Waals surface area contributed by atoms with Crippen molar-refractivity contribution < 1.29 is 0 Å². The van der Waals surface area contributed by atoms with Gasteiger partial charge in [-0.25, -0.2) is 0 Å². The minimum atomic E-state index is 1.04. The van der Waals surface area contributed by atoms with Gasteiger partial charge in [0.05, 0.1) is 0 Å². The van der Waals surface area contributed by atoms with Gasteiger partial charge >= 0.3 is 0 Å². The van der Waals surface area contributed by atoms with E-state index >= 15 is 0 Å². The van der Waals surface area contributed by atoms with Gasteiger partial charge < -0.3 is 0 Å². The van der Waals surface area contributed by atoms with E-state index in [0.29, 0.717) is 0 Å². The standard InChI is InChI=1S/C22H14/c1-2-7-17(8-3-1)13-14-19-10-6-12-22-20-11-5-4-9-18(20)15-16-21(19)22/h1-12,15-16H. The third-order valence-corrected chi connectivity index (χ3v) is 3.90. The first-order valence-electron chi connectivity index (χ1n) is 7.39. The fraction of sp³-hybridized carbons (Fsp3) is 0. The summed E-state index contributed by atoms with van der Waals surface area (Å²) in [5.41, 5.74) is 2.12. The van der Waals surface area contributed by atoms with E-state index in [4.69, 9.17) is 0 Å². The minimum absolute atomic E-state index is 1.04. The van der Waals surface area contributed by atoms with Crippen LogP contribution in [0.2, 0.25) is 0 Å². The summed E-state index contributed by atoms with van der Waals surface area (Å²) in [5, 5.41) is 5.02. The molecule has 0 amide bonds. The van der Waals surface area contributed by atoms with Crippen LogP contribution in [0.4, 0.5) is 0 Å². The van der Waals surface area contributed by atoms with Crippen molar-refractivity contribution in [3.63, 3.8) is 0 Å². The molecule has 0 fully saturated rings. The first-order chi connectivity index (χ1) is 10.9. The molecular formula is C22H14. The van der Waals surface area contributed by atoms with Gasteiger partial charge in [-0.1, -0.05) is 78.6 Å². The molecule has 0 bridgehead atoms. The molecule has 4 aromatic carbocycles. The Bertz CT molecular complexity index is 1020. The van der Waals surface area contributed by atoms with Crippen molar-refractivity contribution in [1.29, 1.82) is 0 Å². The summed E-state index contributed by atoms with van der Waals surface area (Å²) in [7, 11) is 0. The third-order valence-electron chi connectivity index (χ3n) is 3.90.